The smallest absolute Gasteiger partial charge is 0.125 e. The second-order valence-electron chi connectivity index (χ2n) is 2.37. The third kappa shape index (κ3) is 1.18. The zero-order valence-electron chi connectivity index (χ0n) is 5.80. The number of rotatable bonds is 1. The minimum atomic E-state index is 0.632. The molecule has 1 aliphatic carbocycles. The highest BCUT2D eigenvalue weighted by Crippen LogP contribution is 2.27. The molecule has 0 aromatic heterocycles. The summed E-state index contributed by atoms with van der Waals surface area (Å²) in [7, 11) is 1.78. The van der Waals surface area contributed by atoms with Crippen LogP contribution >= 0.6 is 0 Å². The van der Waals surface area contributed by atoms with Crippen LogP contribution in [0.25, 0.3) is 0 Å². The molecule has 0 bridgehead atoms. The summed E-state index contributed by atoms with van der Waals surface area (Å²) in [5.41, 5.74) is 0. The second kappa shape index (κ2) is 2.76. The summed E-state index contributed by atoms with van der Waals surface area (Å²) in [4.78, 5) is 7.84. The molecule has 0 aromatic carbocycles. The molecule has 1 rings (SSSR count). The first-order valence-electron chi connectivity index (χ1n) is 3.32. The van der Waals surface area contributed by atoms with E-state index in [0.717, 1.165) is 5.84 Å². The molecule has 1 fully saturated rings. The van der Waals surface area contributed by atoms with Gasteiger partial charge in [0.25, 0.3) is 0 Å². The zero-order valence-corrected chi connectivity index (χ0v) is 5.80. The van der Waals surface area contributed by atoms with Gasteiger partial charge in [-0.2, -0.15) is 0 Å². The molecule has 1 aliphatic rings. The van der Waals surface area contributed by atoms with E-state index < -0.39 is 0 Å². The van der Waals surface area contributed by atoms with Gasteiger partial charge in [0.15, 0.2) is 0 Å². The first-order valence-corrected chi connectivity index (χ1v) is 3.32. The summed E-state index contributed by atoms with van der Waals surface area (Å²) in [6.07, 6.45) is 3.84. The molecule has 0 aromatic rings. The third-order valence-electron chi connectivity index (χ3n) is 1.86. The maximum absolute atomic E-state index is 4.02. The van der Waals surface area contributed by atoms with E-state index in [-0.39, 0.29) is 0 Å². The van der Waals surface area contributed by atoms with Gasteiger partial charge in [-0.3, -0.25) is 4.99 Å². The van der Waals surface area contributed by atoms with Gasteiger partial charge >= 0.3 is 0 Å². The molecule has 50 valence electrons. The van der Waals surface area contributed by atoms with Crippen molar-refractivity contribution in [2.24, 2.45) is 15.9 Å². The summed E-state index contributed by atoms with van der Waals surface area (Å²) >= 11 is 0. The summed E-state index contributed by atoms with van der Waals surface area (Å²) in [5, 5.41) is 0. The van der Waals surface area contributed by atoms with E-state index >= 15 is 0 Å². The fourth-order valence-electron chi connectivity index (χ4n) is 1.05. The quantitative estimate of drug-likeness (QED) is 0.374. The van der Waals surface area contributed by atoms with E-state index in [9.17, 15) is 0 Å². The predicted octanol–water partition coefficient (Wildman–Crippen LogP) is 1.52. The molecule has 1 saturated carbocycles. The molecule has 0 aliphatic heterocycles. The van der Waals surface area contributed by atoms with Crippen LogP contribution in [0.1, 0.15) is 19.3 Å². The average molecular weight is 124 g/mol. The maximum Gasteiger partial charge on any atom is 0.125 e. The third-order valence-corrected chi connectivity index (χ3v) is 1.86. The molecule has 0 amide bonds. The Hall–Kier alpha value is -0.660. The molecule has 0 atom stereocenters. The average Bonchev–Trinajstić information content (AvgIpc) is 1.78. The van der Waals surface area contributed by atoms with Gasteiger partial charge < -0.3 is 0 Å². The van der Waals surface area contributed by atoms with Crippen molar-refractivity contribution < 1.29 is 0 Å². The van der Waals surface area contributed by atoms with Gasteiger partial charge in [0.05, 0.1) is 0 Å². The van der Waals surface area contributed by atoms with E-state index in [2.05, 4.69) is 16.7 Å². The van der Waals surface area contributed by atoms with Gasteiger partial charge in [0.1, 0.15) is 5.84 Å². The summed E-state index contributed by atoms with van der Waals surface area (Å²) in [5.74, 6) is 1.58. The van der Waals surface area contributed by atoms with Crippen LogP contribution in [-0.4, -0.2) is 19.6 Å². The molecular formula is C7H12N2. The highest BCUT2D eigenvalue weighted by Gasteiger charge is 2.21. The number of nitrogens with zero attached hydrogens (tertiary/aromatic N) is 2. The highest BCUT2D eigenvalue weighted by molar-refractivity contribution is 5.88. The predicted molar refractivity (Wildman–Crippen MR) is 40.2 cm³/mol. The Morgan fingerprint density at radius 3 is 2.33 bits per heavy atom. The van der Waals surface area contributed by atoms with Crippen molar-refractivity contribution in [3.8, 4) is 0 Å². The Morgan fingerprint density at radius 1 is 1.56 bits per heavy atom. The Morgan fingerprint density at radius 2 is 2.22 bits per heavy atom. The van der Waals surface area contributed by atoms with E-state index in [1.807, 2.05) is 0 Å². The second-order valence-corrected chi connectivity index (χ2v) is 2.37. The number of hydrogen-bond acceptors (Lipinski definition) is 1. The van der Waals surface area contributed by atoms with Gasteiger partial charge in [0, 0.05) is 13.0 Å². The molecule has 0 N–H and O–H groups in total. The van der Waals surface area contributed by atoms with Crippen LogP contribution in [0.4, 0.5) is 0 Å². The van der Waals surface area contributed by atoms with Crippen LogP contribution in [-0.2, 0) is 0 Å². The highest BCUT2D eigenvalue weighted by atomic mass is 14.9. The van der Waals surface area contributed by atoms with Gasteiger partial charge in [-0.05, 0) is 19.6 Å². The van der Waals surface area contributed by atoms with Crippen molar-refractivity contribution in [3.63, 3.8) is 0 Å². The first kappa shape index (κ1) is 6.46. The van der Waals surface area contributed by atoms with Gasteiger partial charge in [-0.15, -0.1) is 0 Å². The first-order chi connectivity index (χ1) is 4.38. The van der Waals surface area contributed by atoms with Crippen LogP contribution in [0.3, 0.4) is 0 Å². The number of amidine groups is 1. The molecule has 9 heavy (non-hydrogen) atoms. The molecule has 0 radical (unpaired) electrons. The zero-order chi connectivity index (χ0) is 6.69. The van der Waals surface area contributed by atoms with Crippen molar-refractivity contribution in [2.45, 2.75) is 19.3 Å². The van der Waals surface area contributed by atoms with Crippen LogP contribution in [0, 0.1) is 5.92 Å². The van der Waals surface area contributed by atoms with Gasteiger partial charge in [-0.25, -0.2) is 4.99 Å². The van der Waals surface area contributed by atoms with Crippen molar-refractivity contribution in [1.82, 2.24) is 0 Å². The lowest BCUT2D eigenvalue weighted by Crippen LogP contribution is -2.19. The van der Waals surface area contributed by atoms with E-state index in [1.54, 1.807) is 7.05 Å². The monoisotopic (exact) mass is 124 g/mol. The van der Waals surface area contributed by atoms with Crippen LogP contribution in [0.15, 0.2) is 9.98 Å². The Balaban J connectivity index is 2.46. The topological polar surface area (TPSA) is 24.7 Å². The fourth-order valence-corrected chi connectivity index (χ4v) is 1.05. The lowest BCUT2D eigenvalue weighted by Gasteiger charge is -2.23. The Kier molecular flexibility index (Phi) is 1.98. The molecule has 2 nitrogen and oxygen atoms in total. The molecule has 0 spiro atoms. The minimum absolute atomic E-state index is 0.632. The fraction of sp³-hybridized carbons (Fsp3) is 0.714. The van der Waals surface area contributed by atoms with E-state index in [0.29, 0.717) is 5.92 Å². The summed E-state index contributed by atoms with van der Waals surface area (Å²) in [6, 6.07) is 0. The van der Waals surface area contributed by atoms with Crippen LogP contribution < -0.4 is 0 Å². The van der Waals surface area contributed by atoms with E-state index in [1.165, 1.54) is 19.3 Å². The Labute approximate surface area is 55.7 Å². The minimum Gasteiger partial charge on any atom is -0.274 e. The molecule has 0 heterocycles. The van der Waals surface area contributed by atoms with Crippen molar-refractivity contribution in [3.05, 3.63) is 0 Å². The molecule has 0 saturated heterocycles. The SMILES string of the molecule is C=NC(=NC)C1CCC1. The van der Waals surface area contributed by atoms with E-state index in [4.69, 9.17) is 0 Å². The van der Waals surface area contributed by atoms with Crippen LogP contribution in [0.5, 0.6) is 0 Å². The summed E-state index contributed by atoms with van der Waals surface area (Å²) in [6.45, 7) is 3.45. The largest absolute Gasteiger partial charge is 0.274 e. The number of aliphatic imine (C=N–C) groups is 2. The van der Waals surface area contributed by atoms with Crippen molar-refractivity contribution >= 4 is 12.6 Å². The molecule has 2 heteroatoms. The lowest BCUT2D eigenvalue weighted by atomic mass is 9.84. The summed E-state index contributed by atoms with van der Waals surface area (Å²) < 4.78 is 0. The van der Waals surface area contributed by atoms with Crippen molar-refractivity contribution in [2.75, 3.05) is 7.05 Å². The van der Waals surface area contributed by atoms with Gasteiger partial charge in [-0.1, -0.05) is 6.42 Å². The van der Waals surface area contributed by atoms with Crippen LogP contribution in [0.2, 0.25) is 0 Å². The standard InChI is InChI=1S/C7H12N2/c1-8-7(9-2)6-4-3-5-6/h6H,1,3-5H2,2H3. The normalized spacial score (nSPS) is 21.2. The number of hydrogen-bond donors (Lipinski definition) is 0. The molecular weight excluding hydrogens is 112 g/mol. The van der Waals surface area contributed by atoms with Gasteiger partial charge in [0.2, 0.25) is 0 Å². The Bertz CT molecular complexity index is 134. The maximum atomic E-state index is 4.02. The molecule has 0 unspecified atom stereocenters. The van der Waals surface area contributed by atoms with Crippen molar-refractivity contribution in [1.29, 1.82) is 0 Å². The lowest BCUT2D eigenvalue weighted by molar-refractivity contribution is 0.411.